The molecule has 2 unspecified atom stereocenters. The highest BCUT2D eigenvalue weighted by Crippen LogP contribution is 2.44. The van der Waals surface area contributed by atoms with Crippen molar-refractivity contribution in [2.75, 3.05) is 38.7 Å². The fourth-order valence-electron chi connectivity index (χ4n) is 5.86. The van der Waals surface area contributed by atoms with Crippen LogP contribution < -0.4 is 20.1 Å². The number of halogens is 1. The number of benzene rings is 1. The SMILES string of the molecule is COc1c(F)cccc1Nc1c2[nH]c3c1C(=O)NCC3C/C=C\CC(=O)N1CCCC(COc3cnccc3-2)C1. The normalized spacial score (nSPS) is 21.6. The van der Waals surface area contributed by atoms with Gasteiger partial charge in [0.1, 0.15) is 5.75 Å². The number of H-pyrrole nitrogens is 1. The fraction of sp³-hybridized carbons (Fsp3) is 0.367. The molecule has 6 rings (SSSR count). The Morgan fingerprint density at radius 2 is 2.12 bits per heavy atom. The highest BCUT2D eigenvalue weighted by Gasteiger charge is 2.34. The van der Waals surface area contributed by atoms with E-state index < -0.39 is 5.82 Å². The van der Waals surface area contributed by atoms with Crippen LogP contribution in [0.25, 0.3) is 11.3 Å². The van der Waals surface area contributed by atoms with Gasteiger partial charge < -0.3 is 30.0 Å². The molecule has 0 spiro atoms. The topological polar surface area (TPSA) is 109 Å². The molecule has 9 nitrogen and oxygen atoms in total. The minimum absolute atomic E-state index is 0.0511. The number of para-hydroxylation sites is 1. The highest BCUT2D eigenvalue weighted by atomic mass is 19.1. The predicted molar refractivity (Wildman–Crippen MR) is 149 cm³/mol. The maximum absolute atomic E-state index is 14.6. The minimum atomic E-state index is -0.513. The van der Waals surface area contributed by atoms with Gasteiger partial charge in [0.2, 0.25) is 5.91 Å². The van der Waals surface area contributed by atoms with Gasteiger partial charge >= 0.3 is 0 Å². The van der Waals surface area contributed by atoms with E-state index in [0.29, 0.717) is 60.9 Å². The molecule has 0 radical (unpaired) electrons. The third-order valence-electron chi connectivity index (χ3n) is 7.88. The standard InChI is InChI=1S/C30H32FN5O4/c1-39-29-21(31)8-4-9-22(29)34-28-25-26-19(14-33-30(25)38)7-2-3-10-24(37)36-13-5-6-18(16-36)17-40-23-15-32-12-11-20(23)27(28)35-26/h2-4,8-9,11-12,15,18-19,34-35H,5-7,10,13-14,16-17H2,1H3,(H,33,38)/b3-2-. The number of allylic oxidation sites excluding steroid dienone is 1. The van der Waals surface area contributed by atoms with E-state index in [9.17, 15) is 14.0 Å². The van der Waals surface area contributed by atoms with Crippen molar-refractivity contribution in [3.63, 3.8) is 0 Å². The largest absolute Gasteiger partial charge is 0.492 e. The van der Waals surface area contributed by atoms with Crippen molar-refractivity contribution in [3.8, 4) is 22.8 Å². The Morgan fingerprint density at radius 3 is 3.00 bits per heavy atom. The summed E-state index contributed by atoms with van der Waals surface area (Å²) in [6.07, 6.45) is 10.2. The second-order valence-electron chi connectivity index (χ2n) is 10.5. The molecule has 0 aliphatic carbocycles. The lowest BCUT2D eigenvalue weighted by Gasteiger charge is -2.32. The van der Waals surface area contributed by atoms with E-state index in [2.05, 4.69) is 20.6 Å². The first-order valence-corrected chi connectivity index (χ1v) is 13.7. The van der Waals surface area contributed by atoms with Gasteiger partial charge in [-0.25, -0.2) is 4.39 Å². The summed E-state index contributed by atoms with van der Waals surface area (Å²) in [5.74, 6) is 0.121. The molecule has 2 atom stereocenters. The summed E-state index contributed by atoms with van der Waals surface area (Å²) in [6.45, 7) is 2.30. The molecule has 40 heavy (non-hydrogen) atoms. The van der Waals surface area contributed by atoms with E-state index in [1.165, 1.54) is 13.2 Å². The Morgan fingerprint density at radius 1 is 1.23 bits per heavy atom. The van der Waals surface area contributed by atoms with Gasteiger partial charge in [-0.1, -0.05) is 18.2 Å². The van der Waals surface area contributed by atoms with Gasteiger partial charge in [0.05, 0.1) is 42.5 Å². The third kappa shape index (κ3) is 4.89. The lowest BCUT2D eigenvalue weighted by atomic mass is 9.93. The second-order valence-corrected chi connectivity index (χ2v) is 10.5. The lowest BCUT2D eigenvalue weighted by Crippen LogP contribution is -2.41. The maximum atomic E-state index is 14.6. The lowest BCUT2D eigenvalue weighted by molar-refractivity contribution is -0.132. The zero-order valence-electron chi connectivity index (χ0n) is 22.3. The quantitative estimate of drug-likeness (QED) is 0.410. The van der Waals surface area contributed by atoms with E-state index in [0.717, 1.165) is 30.6 Å². The molecule has 3 aliphatic heterocycles. The molecule has 1 aromatic carbocycles. The number of fused-ring (bicyclic) bond motifs is 5. The molecule has 3 aliphatic rings. The number of nitrogens with one attached hydrogen (secondary N) is 3. The third-order valence-corrected chi connectivity index (χ3v) is 7.88. The number of hydrogen-bond acceptors (Lipinski definition) is 6. The minimum Gasteiger partial charge on any atom is -0.492 e. The number of aromatic amines is 1. The number of nitrogens with zero attached hydrogens (tertiary/aromatic N) is 2. The van der Waals surface area contributed by atoms with E-state index in [1.54, 1.807) is 24.5 Å². The average molecular weight is 546 g/mol. The number of pyridine rings is 1. The Balaban J connectivity index is 1.49. The van der Waals surface area contributed by atoms with Crippen LogP contribution >= 0.6 is 0 Å². The zero-order chi connectivity index (χ0) is 27.6. The predicted octanol–water partition coefficient (Wildman–Crippen LogP) is 4.76. The van der Waals surface area contributed by atoms with Crippen LogP contribution in [0.1, 0.15) is 47.7 Å². The van der Waals surface area contributed by atoms with Crippen LogP contribution in [0.5, 0.6) is 11.5 Å². The molecule has 2 amide bonds. The van der Waals surface area contributed by atoms with E-state index in [1.807, 2.05) is 23.1 Å². The van der Waals surface area contributed by atoms with E-state index >= 15 is 0 Å². The summed E-state index contributed by atoms with van der Waals surface area (Å²) in [7, 11) is 1.41. The number of ether oxygens (including phenoxy) is 2. The molecule has 208 valence electrons. The van der Waals surface area contributed by atoms with Gasteiger partial charge in [0, 0.05) is 55.3 Å². The fourth-order valence-corrected chi connectivity index (χ4v) is 5.86. The van der Waals surface area contributed by atoms with Crippen molar-refractivity contribution in [2.24, 2.45) is 5.92 Å². The number of aromatic nitrogens is 2. The molecule has 1 fully saturated rings. The monoisotopic (exact) mass is 545 g/mol. The molecule has 3 aromatic rings. The van der Waals surface area contributed by atoms with Crippen molar-refractivity contribution < 1.29 is 23.5 Å². The molecule has 0 saturated carbocycles. The average Bonchev–Trinajstić information content (AvgIpc) is 3.35. The second kappa shape index (κ2) is 11.0. The van der Waals surface area contributed by atoms with Gasteiger partial charge in [-0.15, -0.1) is 0 Å². The van der Waals surface area contributed by atoms with Crippen LogP contribution in [-0.2, 0) is 4.79 Å². The van der Waals surface area contributed by atoms with Crippen molar-refractivity contribution >= 4 is 23.2 Å². The van der Waals surface area contributed by atoms with Crippen LogP contribution in [0, 0.1) is 11.7 Å². The first kappa shape index (κ1) is 25.9. The molecular weight excluding hydrogens is 513 g/mol. The first-order chi connectivity index (χ1) is 19.5. The van der Waals surface area contributed by atoms with Crippen molar-refractivity contribution in [2.45, 2.75) is 31.6 Å². The van der Waals surface area contributed by atoms with E-state index in [4.69, 9.17) is 9.47 Å². The highest BCUT2D eigenvalue weighted by molar-refractivity contribution is 6.07. The summed E-state index contributed by atoms with van der Waals surface area (Å²) in [6, 6.07) is 6.46. The van der Waals surface area contributed by atoms with Gasteiger partial charge in [-0.05, 0) is 37.5 Å². The number of piperidine rings is 1. The van der Waals surface area contributed by atoms with Crippen LogP contribution in [0.2, 0.25) is 0 Å². The molecule has 5 heterocycles. The number of carbonyl (C=O) groups excluding carboxylic acids is 2. The Kier molecular flexibility index (Phi) is 7.15. The number of amides is 2. The molecule has 10 heteroatoms. The Labute approximate surface area is 231 Å². The van der Waals surface area contributed by atoms with E-state index in [-0.39, 0.29) is 29.4 Å². The van der Waals surface area contributed by atoms with Gasteiger partial charge in [0.25, 0.3) is 5.91 Å². The van der Waals surface area contributed by atoms with Gasteiger partial charge in [-0.2, -0.15) is 0 Å². The van der Waals surface area contributed by atoms with Crippen LogP contribution in [-0.4, -0.2) is 60.0 Å². The van der Waals surface area contributed by atoms with Crippen molar-refractivity contribution in [3.05, 3.63) is 65.9 Å². The number of anilines is 2. The Bertz CT molecular complexity index is 1470. The molecular formula is C30H32FN5O4. The van der Waals surface area contributed by atoms with Crippen molar-refractivity contribution in [1.82, 2.24) is 20.2 Å². The number of methoxy groups -OCH3 is 1. The van der Waals surface area contributed by atoms with Crippen LogP contribution in [0.15, 0.2) is 48.8 Å². The smallest absolute Gasteiger partial charge is 0.255 e. The number of hydrogen-bond donors (Lipinski definition) is 3. The summed E-state index contributed by atoms with van der Waals surface area (Å²) >= 11 is 0. The number of rotatable bonds is 3. The summed E-state index contributed by atoms with van der Waals surface area (Å²) < 4.78 is 26.3. The summed E-state index contributed by atoms with van der Waals surface area (Å²) in [4.78, 5) is 36.0. The summed E-state index contributed by atoms with van der Waals surface area (Å²) in [5, 5.41) is 6.30. The van der Waals surface area contributed by atoms with Crippen LogP contribution in [0.3, 0.4) is 0 Å². The Hall–Kier alpha value is -4.34. The molecule has 3 N–H and O–H groups in total. The van der Waals surface area contributed by atoms with Crippen LogP contribution in [0.4, 0.5) is 15.8 Å². The maximum Gasteiger partial charge on any atom is 0.255 e. The molecule has 1 saturated heterocycles. The zero-order valence-corrected chi connectivity index (χ0v) is 22.3. The summed E-state index contributed by atoms with van der Waals surface area (Å²) in [5.41, 5.74) is 3.49. The van der Waals surface area contributed by atoms with Gasteiger partial charge in [0.15, 0.2) is 11.6 Å². The molecule has 4 bridgehead atoms. The number of carbonyl (C=O) groups is 2. The first-order valence-electron chi connectivity index (χ1n) is 13.7. The van der Waals surface area contributed by atoms with Gasteiger partial charge in [-0.3, -0.25) is 14.6 Å². The molecule has 2 aromatic heterocycles. The van der Waals surface area contributed by atoms with Crippen molar-refractivity contribution in [1.29, 1.82) is 0 Å².